The van der Waals surface area contributed by atoms with E-state index in [1.54, 1.807) is 12.1 Å². The van der Waals surface area contributed by atoms with Crippen molar-refractivity contribution in [2.75, 3.05) is 0 Å². The molecule has 0 bridgehead atoms. The zero-order valence-electron chi connectivity index (χ0n) is 29.6. The van der Waals surface area contributed by atoms with Crippen molar-refractivity contribution in [1.82, 2.24) is 21.3 Å². The van der Waals surface area contributed by atoms with Crippen LogP contribution in [0.25, 0.3) is 11.1 Å². The van der Waals surface area contributed by atoms with Crippen molar-refractivity contribution in [2.45, 2.75) is 69.6 Å². The summed E-state index contributed by atoms with van der Waals surface area (Å²) in [6.45, 7) is 1.37. The third-order valence-corrected chi connectivity index (χ3v) is 9.17. The highest BCUT2D eigenvalue weighted by Crippen LogP contribution is 2.33. The fraction of sp³-hybridized carbons (Fsp3) is 0.286. The molecule has 11 nitrogen and oxygen atoms in total. The summed E-state index contributed by atoms with van der Waals surface area (Å²) in [6, 6.07) is 31.1. The molecule has 4 aromatic rings. The molecule has 4 aromatic carbocycles. The molecule has 1 saturated carbocycles. The first-order chi connectivity index (χ1) is 25.5. The number of hydrogen-bond acceptors (Lipinski definition) is 6. The minimum Gasteiger partial charge on any atom is -0.368 e. The fourth-order valence-electron chi connectivity index (χ4n) is 6.00. The molecule has 0 heterocycles. The lowest BCUT2D eigenvalue weighted by atomic mass is 10.00. The van der Waals surface area contributed by atoms with Crippen LogP contribution in [0.15, 0.2) is 115 Å². The number of ketones is 1. The Hall–Kier alpha value is -6.10. The van der Waals surface area contributed by atoms with Crippen LogP contribution in [-0.2, 0) is 48.0 Å². The van der Waals surface area contributed by atoms with Crippen LogP contribution < -0.4 is 27.0 Å². The van der Waals surface area contributed by atoms with Crippen molar-refractivity contribution in [3.8, 4) is 11.1 Å². The van der Waals surface area contributed by atoms with Crippen molar-refractivity contribution in [2.24, 2.45) is 11.7 Å². The number of benzene rings is 4. The molecule has 0 saturated heterocycles. The van der Waals surface area contributed by atoms with E-state index >= 15 is 0 Å². The molecule has 5 amide bonds. The van der Waals surface area contributed by atoms with Gasteiger partial charge in [-0.1, -0.05) is 128 Å². The summed E-state index contributed by atoms with van der Waals surface area (Å²) in [4.78, 5) is 78.8. The van der Waals surface area contributed by atoms with Gasteiger partial charge < -0.3 is 27.0 Å². The minimum absolute atomic E-state index is 0.0535. The monoisotopic (exact) mass is 715 g/mol. The van der Waals surface area contributed by atoms with Gasteiger partial charge >= 0.3 is 0 Å². The Labute approximate surface area is 309 Å². The van der Waals surface area contributed by atoms with Crippen molar-refractivity contribution in [3.05, 3.63) is 132 Å². The smallest absolute Gasteiger partial charge is 0.290 e. The van der Waals surface area contributed by atoms with Gasteiger partial charge in [-0.05, 0) is 47.1 Å². The molecule has 0 aliphatic heterocycles. The summed E-state index contributed by atoms with van der Waals surface area (Å²) in [5.41, 5.74) is 10.1. The lowest BCUT2D eigenvalue weighted by Crippen LogP contribution is -2.57. The lowest BCUT2D eigenvalue weighted by molar-refractivity contribution is -0.141. The quantitative estimate of drug-likeness (QED) is 0.0989. The zero-order chi connectivity index (χ0) is 37.7. The van der Waals surface area contributed by atoms with Crippen LogP contribution in [0, 0.1) is 5.92 Å². The van der Waals surface area contributed by atoms with Gasteiger partial charge in [0, 0.05) is 12.8 Å². The van der Waals surface area contributed by atoms with E-state index in [-0.39, 0.29) is 37.5 Å². The Bertz CT molecular complexity index is 1880. The molecule has 11 heteroatoms. The normalized spacial score (nSPS) is 14.4. The molecule has 274 valence electrons. The predicted molar refractivity (Wildman–Crippen MR) is 201 cm³/mol. The van der Waals surface area contributed by atoms with Gasteiger partial charge in [0.05, 0.1) is 12.5 Å². The van der Waals surface area contributed by atoms with E-state index in [1.165, 1.54) is 6.92 Å². The molecule has 0 spiro atoms. The van der Waals surface area contributed by atoms with Crippen LogP contribution in [0.4, 0.5) is 0 Å². The van der Waals surface area contributed by atoms with Gasteiger partial charge in [-0.3, -0.25) is 28.8 Å². The molecule has 4 atom stereocenters. The van der Waals surface area contributed by atoms with Crippen LogP contribution in [0.3, 0.4) is 0 Å². The molecular weight excluding hydrogens is 670 g/mol. The second-order valence-corrected chi connectivity index (χ2v) is 13.5. The number of nitrogens with one attached hydrogen (secondary N) is 4. The van der Waals surface area contributed by atoms with E-state index in [1.807, 2.05) is 103 Å². The number of amides is 5. The average molecular weight is 716 g/mol. The maximum Gasteiger partial charge on any atom is 0.290 e. The first-order valence-corrected chi connectivity index (χ1v) is 17.8. The second-order valence-electron chi connectivity index (χ2n) is 13.5. The highest BCUT2D eigenvalue weighted by atomic mass is 16.2. The summed E-state index contributed by atoms with van der Waals surface area (Å²) in [7, 11) is 0. The molecule has 4 unspecified atom stereocenters. The Balaban J connectivity index is 1.19. The lowest BCUT2D eigenvalue weighted by Gasteiger charge is -2.23. The molecule has 6 N–H and O–H groups in total. The highest BCUT2D eigenvalue weighted by Gasteiger charge is 2.35. The summed E-state index contributed by atoms with van der Waals surface area (Å²) in [6.07, 6.45) is 2.35. The Morgan fingerprint density at radius 3 is 1.68 bits per heavy atom. The summed E-state index contributed by atoms with van der Waals surface area (Å²) in [5, 5.41) is 10.5. The number of carbonyl (C=O) groups is 6. The highest BCUT2D eigenvalue weighted by molar-refractivity contribution is 6.38. The molecule has 0 aromatic heterocycles. The predicted octanol–water partition coefficient (Wildman–Crippen LogP) is 3.20. The van der Waals surface area contributed by atoms with E-state index in [2.05, 4.69) is 21.3 Å². The van der Waals surface area contributed by atoms with Crippen molar-refractivity contribution >= 4 is 35.3 Å². The van der Waals surface area contributed by atoms with E-state index < -0.39 is 53.6 Å². The molecule has 53 heavy (non-hydrogen) atoms. The summed E-state index contributed by atoms with van der Waals surface area (Å²) < 4.78 is 0. The Kier molecular flexibility index (Phi) is 13.2. The summed E-state index contributed by atoms with van der Waals surface area (Å²) in [5.74, 6) is -4.24. The molecule has 1 aliphatic rings. The SMILES string of the molecule is CC(NC(=O)C(Cc1ccccc1)NC(=O)Cc1ccccc1)C(=O)C(=O)NC(CC1CC1)C(=O)NC(Cc1ccc(-c2ccccc2)cc1)C(N)=O. The number of carbonyl (C=O) groups excluding carboxylic acids is 6. The number of Topliss-reactive ketones (excluding diaryl/α,β-unsaturated/α-hetero) is 1. The molecule has 1 aliphatic carbocycles. The Morgan fingerprint density at radius 2 is 1.09 bits per heavy atom. The van der Waals surface area contributed by atoms with E-state index in [0.717, 1.165) is 40.7 Å². The maximum atomic E-state index is 13.5. The second kappa shape index (κ2) is 18.4. The van der Waals surface area contributed by atoms with Crippen molar-refractivity contribution < 1.29 is 28.8 Å². The molecule has 1 fully saturated rings. The number of rotatable bonds is 18. The van der Waals surface area contributed by atoms with Gasteiger partial charge in [-0.2, -0.15) is 0 Å². The molecule has 0 radical (unpaired) electrons. The van der Waals surface area contributed by atoms with E-state index in [4.69, 9.17) is 5.73 Å². The number of primary amides is 1. The third-order valence-electron chi connectivity index (χ3n) is 9.17. The first kappa shape index (κ1) is 38.1. The molecular formula is C42H45N5O6. The van der Waals surface area contributed by atoms with Gasteiger partial charge in [-0.15, -0.1) is 0 Å². The largest absolute Gasteiger partial charge is 0.368 e. The summed E-state index contributed by atoms with van der Waals surface area (Å²) >= 11 is 0. The number of nitrogens with two attached hydrogens (primary N) is 1. The van der Waals surface area contributed by atoms with E-state index in [9.17, 15) is 28.8 Å². The van der Waals surface area contributed by atoms with Crippen LogP contribution in [0.5, 0.6) is 0 Å². The van der Waals surface area contributed by atoms with Crippen molar-refractivity contribution in [1.29, 1.82) is 0 Å². The first-order valence-electron chi connectivity index (χ1n) is 17.8. The standard InChI is InChI=1S/C42H45N5O6/c1-27(44-40(51)35(24-28-11-5-2-6-12-28)45-37(48)26-29-13-7-3-8-14-29)38(49)42(53)47-36(25-30-17-18-30)41(52)46-34(39(43)50)23-31-19-21-33(22-20-31)32-15-9-4-10-16-32/h2-16,19-22,27,30,34-36H,17-18,23-26H2,1H3,(H2,43,50)(H,44,51)(H,45,48)(H,46,52)(H,47,53). The maximum absolute atomic E-state index is 13.5. The molecule has 5 rings (SSSR count). The fourth-order valence-corrected chi connectivity index (χ4v) is 6.00. The average Bonchev–Trinajstić information content (AvgIpc) is 3.99. The van der Waals surface area contributed by atoms with Crippen LogP contribution in [0.1, 0.15) is 42.9 Å². The number of hydrogen-bond donors (Lipinski definition) is 5. The van der Waals surface area contributed by atoms with Gasteiger partial charge in [-0.25, -0.2) is 0 Å². The van der Waals surface area contributed by atoms with Crippen molar-refractivity contribution in [3.63, 3.8) is 0 Å². The van der Waals surface area contributed by atoms with Gasteiger partial charge in [0.1, 0.15) is 18.1 Å². The van der Waals surface area contributed by atoms with E-state index in [0.29, 0.717) is 0 Å². The topological polar surface area (TPSA) is 177 Å². The minimum atomic E-state index is -1.27. The van der Waals surface area contributed by atoms with Gasteiger partial charge in [0.2, 0.25) is 29.4 Å². The van der Waals surface area contributed by atoms with Gasteiger partial charge in [0.15, 0.2) is 0 Å². The third kappa shape index (κ3) is 11.7. The zero-order valence-corrected chi connectivity index (χ0v) is 29.6. The van der Waals surface area contributed by atoms with Crippen LogP contribution in [-0.4, -0.2) is 59.5 Å². The Morgan fingerprint density at radius 1 is 0.585 bits per heavy atom. The van der Waals surface area contributed by atoms with Crippen LogP contribution in [0.2, 0.25) is 0 Å². The van der Waals surface area contributed by atoms with Crippen LogP contribution >= 0.6 is 0 Å². The van der Waals surface area contributed by atoms with Gasteiger partial charge in [0.25, 0.3) is 5.91 Å².